The predicted molar refractivity (Wildman–Crippen MR) is 144 cm³/mol. The van der Waals surface area contributed by atoms with Crippen molar-refractivity contribution in [3.63, 3.8) is 0 Å². The average Bonchev–Trinajstić information content (AvgIpc) is 3.08. The van der Waals surface area contributed by atoms with Crippen LogP contribution in [0.4, 0.5) is 23.1 Å². The van der Waals surface area contributed by atoms with Crippen molar-refractivity contribution in [1.29, 1.82) is 0 Å². The first kappa shape index (κ1) is 25.7. The van der Waals surface area contributed by atoms with E-state index in [0.717, 1.165) is 55.0 Å². The second kappa shape index (κ2) is 12.5. The number of carbonyl (C=O) groups excluding carboxylic acids is 1. The molecule has 4 rings (SSSR count). The zero-order valence-corrected chi connectivity index (χ0v) is 22.3. The monoisotopic (exact) mass is 545 g/mol. The number of nitrogens with zero attached hydrogens (tertiary/aromatic N) is 5. The van der Waals surface area contributed by atoms with Crippen LogP contribution in [0.25, 0.3) is 0 Å². The zero-order valence-electron chi connectivity index (χ0n) is 20.7. The van der Waals surface area contributed by atoms with Gasteiger partial charge in [0.05, 0.1) is 24.1 Å². The number of hydrogen-bond donors (Lipinski definition) is 2. The number of piperazine rings is 1. The lowest BCUT2D eigenvalue weighted by atomic mass is 10.1. The minimum atomic E-state index is 0.169. The summed E-state index contributed by atoms with van der Waals surface area (Å²) in [5, 5.41) is 6.78. The zero-order chi connectivity index (χ0) is 24.6. The highest BCUT2D eigenvalue weighted by atomic mass is 79.9. The minimum absolute atomic E-state index is 0.169. The number of rotatable bonds is 9. The van der Waals surface area contributed by atoms with Crippen LogP contribution in [-0.4, -0.2) is 91.7 Å². The standard InChI is InChI=1S/C25H36BrN7O2/c1-3-19-17-20(32-12-10-31(2)11-13-32)5-6-22(19)29-25-28-18-21(26)24(30-25)27-8-4-9-33-14-16-35-15-7-23(33)34/h5-6,17-18H,3-4,7-16H2,1-2H3,(H2,27,28,29,30). The molecule has 9 nitrogen and oxygen atoms in total. The molecule has 0 atom stereocenters. The molecule has 35 heavy (non-hydrogen) atoms. The molecule has 1 aromatic heterocycles. The van der Waals surface area contributed by atoms with Crippen molar-refractivity contribution >= 4 is 45.0 Å². The number of hydrogen-bond acceptors (Lipinski definition) is 8. The number of benzene rings is 1. The highest BCUT2D eigenvalue weighted by Gasteiger charge is 2.17. The molecule has 2 N–H and O–H groups in total. The van der Waals surface area contributed by atoms with Gasteiger partial charge in [-0.3, -0.25) is 4.79 Å². The largest absolute Gasteiger partial charge is 0.379 e. The Hall–Kier alpha value is -2.43. The molecule has 2 saturated heterocycles. The Morgan fingerprint density at radius 1 is 1.14 bits per heavy atom. The summed E-state index contributed by atoms with van der Waals surface area (Å²) in [7, 11) is 2.18. The van der Waals surface area contributed by atoms with E-state index in [1.807, 2.05) is 4.90 Å². The molecule has 0 bridgehead atoms. The minimum Gasteiger partial charge on any atom is -0.379 e. The fraction of sp³-hybridized carbons (Fsp3) is 0.560. The van der Waals surface area contributed by atoms with E-state index in [-0.39, 0.29) is 5.91 Å². The van der Waals surface area contributed by atoms with Crippen LogP contribution in [-0.2, 0) is 16.0 Å². The van der Waals surface area contributed by atoms with Gasteiger partial charge in [0.2, 0.25) is 11.9 Å². The number of anilines is 4. The molecule has 0 spiro atoms. The highest BCUT2D eigenvalue weighted by molar-refractivity contribution is 9.10. The SMILES string of the molecule is CCc1cc(N2CCN(C)CC2)ccc1Nc1ncc(Br)c(NCCCN2CCOCCC2=O)n1. The number of amides is 1. The first-order valence-corrected chi connectivity index (χ1v) is 13.3. The van der Waals surface area contributed by atoms with E-state index >= 15 is 0 Å². The van der Waals surface area contributed by atoms with Crippen LogP contribution in [0.2, 0.25) is 0 Å². The van der Waals surface area contributed by atoms with Crippen LogP contribution < -0.4 is 15.5 Å². The molecule has 0 unspecified atom stereocenters. The van der Waals surface area contributed by atoms with Crippen LogP contribution >= 0.6 is 15.9 Å². The number of nitrogens with one attached hydrogen (secondary N) is 2. The van der Waals surface area contributed by atoms with Crippen LogP contribution in [0.5, 0.6) is 0 Å². The van der Waals surface area contributed by atoms with Gasteiger partial charge < -0.3 is 30.1 Å². The first-order valence-electron chi connectivity index (χ1n) is 12.5. The number of carbonyl (C=O) groups is 1. The quantitative estimate of drug-likeness (QED) is 0.464. The van der Waals surface area contributed by atoms with Gasteiger partial charge >= 0.3 is 0 Å². The summed E-state index contributed by atoms with van der Waals surface area (Å²) < 4.78 is 6.20. The molecule has 10 heteroatoms. The Labute approximate surface area is 216 Å². The maximum absolute atomic E-state index is 12.1. The average molecular weight is 547 g/mol. The maximum Gasteiger partial charge on any atom is 0.229 e. The fourth-order valence-electron chi connectivity index (χ4n) is 4.36. The van der Waals surface area contributed by atoms with Crippen molar-refractivity contribution in [1.82, 2.24) is 19.8 Å². The fourth-order valence-corrected chi connectivity index (χ4v) is 4.69. The second-order valence-electron chi connectivity index (χ2n) is 9.02. The lowest BCUT2D eigenvalue weighted by molar-refractivity contribution is -0.130. The number of aryl methyl sites for hydroxylation is 1. The molecule has 3 heterocycles. The van der Waals surface area contributed by atoms with Crippen LogP contribution in [0.1, 0.15) is 25.3 Å². The van der Waals surface area contributed by atoms with Crippen LogP contribution in [0.3, 0.4) is 0 Å². The normalized spacial score (nSPS) is 17.4. The lowest BCUT2D eigenvalue weighted by Gasteiger charge is -2.34. The molecular weight excluding hydrogens is 510 g/mol. The summed E-state index contributed by atoms with van der Waals surface area (Å²) >= 11 is 3.55. The van der Waals surface area contributed by atoms with Crippen molar-refractivity contribution in [3.8, 4) is 0 Å². The topological polar surface area (TPSA) is 85.9 Å². The summed E-state index contributed by atoms with van der Waals surface area (Å²) in [4.78, 5) is 28.0. The Morgan fingerprint density at radius 3 is 2.77 bits per heavy atom. The van der Waals surface area contributed by atoms with Gasteiger partial charge in [-0.1, -0.05) is 6.92 Å². The molecule has 2 aliphatic rings. The van der Waals surface area contributed by atoms with Crippen molar-refractivity contribution in [3.05, 3.63) is 34.4 Å². The smallest absolute Gasteiger partial charge is 0.229 e. The van der Waals surface area contributed by atoms with Crippen molar-refractivity contribution in [2.75, 3.05) is 81.6 Å². The molecule has 2 aromatic rings. The summed E-state index contributed by atoms with van der Waals surface area (Å²) in [6.45, 7) is 9.68. The van der Waals surface area contributed by atoms with Crippen LogP contribution in [0.15, 0.2) is 28.9 Å². The predicted octanol–water partition coefficient (Wildman–Crippen LogP) is 3.35. The summed E-state index contributed by atoms with van der Waals surface area (Å²) in [6.07, 6.45) is 3.98. The lowest BCUT2D eigenvalue weighted by Crippen LogP contribution is -2.44. The van der Waals surface area contributed by atoms with E-state index in [1.54, 1.807) is 6.20 Å². The van der Waals surface area contributed by atoms with Gasteiger partial charge in [0, 0.05) is 63.4 Å². The summed E-state index contributed by atoms with van der Waals surface area (Å²) in [5.74, 6) is 1.46. The van der Waals surface area contributed by atoms with Gasteiger partial charge in [-0.25, -0.2) is 4.98 Å². The number of ether oxygens (including phenoxy) is 1. The van der Waals surface area contributed by atoms with E-state index in [4.69, 9.17) is 4.74 Å². The van der Waals surface area contributed by atoms with E-state index < -0.39 is 0 Å². The van der Waals surface area contributed by atoms with Gasteiger partial charge in [-0.05, 0) is 59.6 Å². The van der Waals surface area contributed by atoms with Gasteiger partial charge in [-0.15, -0.1) is 0 Å². The third kappa shape index (κ3) is 7.05. The van der Waals surface area contributed by atoms with Crippen molar-refractivity contribution < 1.29 is 9.53 Å². The van der Waals surface area contributed by atoms with Gasteiger partial charge in [-0.2, -0.15) is 4.98 Å². The third-order valence-electron chi connectivity index (χ3n) is 6.54. The molecule has 0 saturated carbocycles. The van der Waals surface area contributed by atoms with Crippen LogP contribution in [0, 0.1) is 0 Å². The summed E-state index contributed by atoms with van der Waals surface area (Å²) in [6, 6.07) is 6.59. The Morgan fingerprint density at radius 2 is 1.97 bits per heavy atom. The molecule has 190 valence electrons. The van der Waals surface area contributed by atoms with E-state index in [1.165, 1.54) is 11.3 Å². The number of aromatic nitrogens is 2. The molecule has 0 aliphatic carbocycles. The maximum atomic E-state index is 12.1. The van der Waals surface area contributed by atoms with E-state index in [9.17, 15) is 4.79 Å². The number of likely N-dealkylation sites (N-methyl/N-ethyl adjacent to an activating group) is 1. The highest BCUT2D eigenvalue weighted by Crippen LogP contribution is 2.28. The molecule has 2 fully saturated rings. The van der Waals surface area contributed by atoms with Gasteiger partial charge in [0.15, 0.2) is 0 Å². The van der Waals surface area contributed by atoms with E-state index in [2.05, 4.69) is 78.5 Å². The van der Waals surface area contributed by atoms with Crippen molar-refractivity contribution in [2.24, 2.45) is 0 Å². The summed E-state index contributed by atoms with van der Waals surface area (Å²) in [5.41, 5.74) is 3.54. The van der Waals surface area contributed by atoms with Crippen molar-refractivity contribution in [2.45, 2.75) is 26.2 Å². The second-order valence-corrected chi connectivity index (χ2v) is 9.88. The number of halogens is 1. The molecule has 2 aliphatic heterocycles. The Kier molecular flexibility index (Phi) is 9.17. The first-order chi connectivity index (χ1) is 17.0. The van der Waals surface area contributed by atoms with E-state index in [0.29, 0.717) is 45.2 Å². The molecule has 0 radical (unpaired) electrons. The van der Waals surface area contributed by atoms with Gasteiger partial charge in [0.1, 0.15) is 5.82 Å². The Balaban J connectivity index is 1.35. The third-order valence-corrected chi connectivity index (χ3v) is 7.12. The Bertz CT molecular complexity index is 998. The molecular formula is C25H36BrN7O2. The molecule has 1 amide bonds. The molecule has 1 aromatic carbocycles. The van der Waals surface area contributed by atoms with Gasteiger partial charge in [0.25, 0.3) is 0 Å².